The highest BCUT2D eigenvalue weighted by Gasteiger charge is 2.13. The van der Waals surface area contributed by atoms with Crippen LogP contribution in [0.15, 0.2) is 71.3 Å². The van der Waals surface area contributed by atoms with Gasteiger partial charge in [-0.25, -0.2) is 0 Å². The van der Waals surface area contributed by atoms with Crippen molar-refractivity contribution >= 4 is 23.2 Å². The highest BCUT2D eigenvalue weighted by Crippen LogP contribution is 2.18. The number of nitrogens with one attached hydrogen (secondary N) is 2. The third-order valence-electron chi connectivity index (χ3n) is 3.48. The number of anilines is 2. The van der Waals surface area contributed by atoms with Crippen LogP contribution in [0.2, 0.25) is 0 Å². The fourth-order valence-electron chi connectivity index (χ4n) is 2.26. The quantitative estimate of drug-likeness (QED) is 0.760. The molecule has 5 heteroatoms. The van der Waals surface area contributed by atoms with Gasteiger partial charge in [0.1, 0.15) is 0 Å². The molecule has 120 valence electrons. The summed E-state index contributed by atoms with van der Waals surface area (Å²) in [6.07, 6.45) is 1.47. The van der Waals surface area contributed by atoms with Gasteiger partial charge in [0.15, 0.2) is 5.76 Å². The maximum atomic E-state index is 12.2. The van der Waals surface area contributed by atoms with Crippen LogP contribution in [-0.2, 0) is 0 Å². The predicted molar refractivity (Wildman–Crippen MR) is 92.2 cm³/mol. The molecular weight excluding hydrogens is 304 g/mol. The Morgan fingerprint density at radius 2 is 1.50 bits per heavy atom. The molecule has 0 atom stereocenters. The summed E-state index contributed by atoms with van der Waals surface area (Å²) in [4.78, 5) is 24.3. The molecule has 0 saturated heterocycles. The molecule has 0 spiro atoms. The Hall–Kier alpha value is -3.34. The third kappa shape index (κ3) is 3.52. The molecule has 2 aromatic carbocycles. The number of furan rings is 1. The van der Waals surface area contributed by atoms with Gasteiger partial charge in [0.2, 0.25) is 0 Å². The predicted octanol–water partition coefficient (Wildman–Crippen LogP) is 4.09. The molecule has 1 heterocycles. The number of rotatable bonds is 4. The average molecular weight is 320 g/mol. The van der Waals surface area contributed by atoms with Crippen molar-refractivity contribution in [2.45, 2.75) is 6.92 Å². The van der Waals surface area contributed by atoms with Gasteiger partial charge in [-0.05, 0) is 43.3 Å². The van der Waals surface area contributed by atoms with E-state index in [-0.39, 0.29) is 17.6 Å². The first-order valence-corrected chi connectivity index (χ1v) is 7.45. The number of carbonyl (C=O) groups excluding carboxylic acids is 2. The highest BCUT2D eigenvalue weighted by molar-refractivity contribution is 6.06. The van der Waals surface area contributed by atoms with Crippen molar-refractivity contribution in [1.82, 2.24) is 0 Å². The van der Waals surface area contributed by atoms with Gasteiger partial charge in [-0.1, -0.05) is 24.3 Å². The molecule has 5 nitrogen and oxygen atoms in total. The lowest BCUT2D eigenvalue weighted by Crippen LogP contribution is -2.14. The van der Waals surface area contributed by atoms with Crippen molar-refractivity contribution in [1.29, 1.82) is 0 Å². The van der Waals surface area contributed by atoms with Gasteiger partial charge in [-0.2, -0.15) is 0 Å². The van der Waals surface area contributed by atoms with Crippen LogP contribution >= 0.6 is 0 Å². The zero-order valence-electron chi connectivity index (χ0n) is 13.1. The molecule has 0 aliphatic carbocycles. The van der Waals surface area contributed by atoms with Crippen molar-refractivity contribution in [2.75, 3.05) is 10.6 Å². The smallest absolute Gasteiger partial charge is 0.291 e. The SMILES string of the molecule is Cc1ccoc1C(=O)Nc1cccc(NC(=O)c2ccccc2)c1. The van der Waals surface area contributed by atoms with Crippen LogP contribution in [0.4, 0.5) is 11.4 Å². The lowest BCUT2D eigenvalue weighted by atomic mass is 10.2. The Morgan fingerprint density at radius 1 is 0.833 bits per heavy atom. The minimum Gasteiger partial charge on any atom is -0.459 e. The van der Waals surface area contributed by atoms with E-state index in [1.54, 1.807) is 61.5 Å². The fourth-order valence-corrected chi connectivity index (χ4v) is 2.26. The van der Waals surface area contributed by atoms with E-state index in [9.17, 15) is 9.59 Å². The fraction of sp³-hybridized carbons (Fsp3) is 0.0526. The molecule has 0 bridgehead atoms. The first kappa shape index (κ1) is 15.6. The summed E-state index contributed by atoms with van der Waals surface area (Å²) >= 11 is 0. The Labute approximate surface area is 139 Å². The van der Waals surface area contributed by atoms with Crippen LogP contribution in [0.5, 0.6) is 0 Å². The standard InChI is InChI=1S/C19H16N2O3/c1-13-10-11-24-17(13)19(23)21-16-9-5-8-15(12-16)20-18(22)14-6-3-2-4-7-14/h2-12H,1H3,(H,20,22)(H,21,23). The first-order chi connectivity index (χ1) is 11.6. The van der Waals surface area contributed by atoms with E-state index < -0.39 is 0 Å². The molecule has 0 unspecified atom stereocenters. The first-order valence-electron chi connectivity index (χ1n) is 7.45. The lowest BCUT2D eigenvalue weighted by molar-refractivity contribution is 0.0994. The molecule has 2 N–H and O–H groups in total. The number of hydrogen-bond acceptors (Lipinski definition) is 3. The molecule has 3 aromatic rings. The second-order valence-corrected chi connectivity index (χ2v) is 5.29. The normalized spacial score (nSPS) is 10.2. The Kier molecular flexibility index (Phi) is 4.43. The molecule has 0 aliphatic rings. The molecule has 1 aromatic heterocycles. The highest BCUT2D eigenvalue weighted by atomic mass is 16.3. The third-order valence-corrected chi connectivity index (χ3v) is 3.48. The topological polar surface area (TPSA) is 71.3 Å². The van der Waals surface area contributed by atoms with Crippen LogP contribution in [-0.4, -0.2) is 11.8 Å². The van der Waals surface area contributed by atoms with E-state index in [0.717, 1.165) is 5.56 Å². The summed E-state index contributed by atoms with van der Waals surface area (Å²) in [6, 6.07) is 17.6. The maximum Gasteiger partial charge on any atom is 0.291 e. The molecule has 0 aliphatic heterocycles. The van der Waals surface area contributed by atoms with Gasteiger partial charge in [0, 0.05) is 22.5 Å². The van der Waals surface area contributed by atoms with Crippen LogP contribution in [0.3, 0.4) is 0 Å². The van der Waals surface area contributed by atoms with Crippen molar-refractivity contribution in [3.63, 3.8) is 0 Å². The summed E-state index contributed by atoms with van der Waals surface area (Å²) in [5.41, 5.74) is 2.50. The summed E-state index contributed by atoms with van der Waals surface area (Å²) in [5.74, 6) is -0.265. The second kappa shape index (κ2) is 6.83. The summed E-state index contributed by atoms with van der Waals surface area (Å²) < 4.78 is 5.17. The monoisotopic (exact) mass is 320 g/mol. The molecule has 0 fully saturated rings. The Morgan fingerprint density at radius 3 is 2.12 bits per heavy atom. The average Bonchev–Trinajstić information content (AvgIpc) is 3.02. The molecule has 2 amide bonds. The second-order valence-electron chi connectivity index (χ2n) is 5.29. The largest absolute Gasteiger partial charge is 0.459 e. The lowest BCUT2D eigenvalue weighted by Gasteiger charge is -2.08. The summed E-state index contributed by atoms with van der Waals surface area (Å²) in [6.45, 7) is 1.80. The van der Waals surface area contributed by atoms with Crippen LogP contribution in [0, 0.1) is 6.92 Å². The Balaban J connectivity index is 1.71. The molecule has 24 heavy (non-hydrogen) atoms. The van der Waals surface area contributed by atoms with Gasteiger partial charge in [0.25, 0.3) is 11.8 Å². The van der Waals surface area contributed by atoms with Gasteiger partial charge in [-0.15, -0.1) is 0 Å². The number of benzene rings is 2. The molecule has 0 radical (unpaired) electrons. The summed E-state index contributed by atoms with van der Waals surface area (Å²) in [7, 11) is 0. The molecule has 3 rings (SSSR count). The van der Waals surface area contributed by atoms with Gasteiger partial charge in [-0.3, -0.25) is 9.59 Å². The minimum absolute atomic E-state index is 0.207. The van der Waals surface area contributed by atoms with E-state index in [2.05, 4.69) is 10.6 Å². The Bertz CT molecular complexity index is 869. The number of amides is 2. The number of hydrogen-bond donors (Lipinski definition) is 2. The van der Waals surface area contributed by atoms with Crippen LogP contribution < -0.4 is 10.6 Å². The van der Waals surface area contributed by atoms with Gasteiger partial charge >= 0.3 is 0 Å². The molecular formula is C19H16N2O3. The zero-order chi connectivity index (χ0) is 16.9. The van der Waals surface area contributed by atoms with Crippen molar-refractivity contribution in [3.05, 3.63) is 83.8 Å². The van der Waals surface area contributed by atoms with Crippen LogP contribution in [0.1, 0.15) is 26.5 Å². The van der Waals surface area contributed by atoms with E-state index in [1.807, 2.05) is 6.07 Å². The van der Waals surface area contributed by atoms with Gasteiger partial charge < -0.3 is 15.1 Å². The maximum absolute atomic E-state index is 12.2. The van der Waals surface area contributed by atoms with E-state index >= 15 is 0 Å². The summed E-state index contributed by atoms with van der Waals surface area (Å²) in [5, 5.41) is 5.56. The van der Waals surface area contributed by atoms with Crippen molar-refractivity contribution < 1.29 is 14.0 Å². The molecule has 0 saturated carbocycles. The van der Waals surface area contributed by atoms with Crippen molar-refractivity contribution in [2.24, 2.45) is 0 Å². The van der Waals surface area contributed by atoms with E-state index in [0.29, 0.717) is 16.9 Å². The van der Waals surface area contributed by atoms with Crippen LogP contribution in [0.25, 0.3) is 0 Å². The van der Waals surface area contributed by atoms with Crippen molar-refractivity contribution in [3.8, 4) is 0 Å². The zero-order valence-corrected chi connectivity index (χ0v) is 13.1. The van der Waals surface area contributed by atoms with E-state index in [4.69, 9.17) is 4.42 Å². The minimum atomic E-state index is -0.330. The van der Waals surface area contributed by atoms with E-state index in [1.165, 1.54) is 6.26 Å². The number of carbonyl (C=O) groups is 2. The van der Waals surface area contributed by atoms with Gasteiger partial charge in [0.05, 0.1) is 6.26 Å². The number of aryl methyl sites for hydroxylation is 1.